The standard InChI is InChI=1S/C11H13O2.HI.Zn/c1-3-9-6-4-5-7-10(9)8-11(12)13-2;;/h4-7H,1,3,8H2,2H3;1H;/q-1;;+2/p-1. The number of hydrogen-bond donors (Lipinski definition) is 0. The molecule has 1 aromatic carbocycles. The van der Waals surface area contributed by atoms with Gasteiger partial charge in [0.25, 0.3) is 0 Å². The molecule has 0 amide bonds. The Hall–Kier alpha value is 0.0434. The average Bonchev–Trinajstić information content (AvgIpc) is 2.18. The molecule has 0 aromatic heterocycles. The number of methoxy groups -OCH3 is 1. The number of rotatable bonds is 3. The van der Waals surface area contributed by atoms with E-state index in [0.29, 0.717) is 12.8 Å². The minimum Gasteiger partial charge on any atom is -1.00 e. The van der Waals surface area contributed by atoms with Crippen LogP contribution in [0.25, 0.3) is 0 Å². The van der Waals surface area contributed by atoms with E-state index >= 15 is 0 Å². The van der Waals surface area contributed by atoms with Crippen molar-refractivity contribution in [2.45, 2.75) is 12.8 Å². The van der Waals surface area contributed by atoms with Gasteiger partial charge >= 0.3 is 25.4 Å². The molecule has 0 unspecified atom stereocenters. The van der Waals surface area contributed by atoms with Crippen molar-refractivity contribution in [3.05, 3.63) is 42.3 Å². The van der Waals surface area contributed by atoms with E-state index in [1.807, 2.05) is 24.3 Å². The number of ether oxygens (including phenoxy) is 1. The molecule has 0 saturated heterocycles. The predicted octanol–water partition coefficient (Wildman–Crippen LogP) is -1.22. The van der Waals surface area contributed by atoms with E-state index in [9.17, 15) is 4.79 Å². The summed E-state index contributed by atoms with van der Waals surface area (Å²) in [6, 6.07) is 7.77. The van der Waals surface area contributed by atoms with Crippen LogP contribution < -0.4 is 24.0 Å². The summed E-state index contributed by atoms with van der Waals surface area (Å²) in [6.45, 7) is 3.80. The van der Waals surface area contributed by atoms with Crippen LogP contribution in [0.15, 0.2) is 24.3 Å². The molecule has 2 nitrogen and oxygen atoms in total. The van der Waals surface area contributed by atoms with E-state index in [1.165, 1.54) is 7.11 Å². The molecule has 0 aliphatic carbocycles. The fourth-order valence-electron chi connectivity index (χ4n) is 1.20. The van der Waals surface area contributed by atoms with Crippen LogP contribution >= 0.6 is 0 Å². The monoisotopic (exact) mass is 368 g/mol. The molecule has 78 valence electrons. The minimum absolute atomic E-state index is 0. The number of carbonyl (C=O) groups excluding carboxylic acids is 1. The van der Waals surface area contributed by atoms with Gasteiger partial charge in [0.2, 0.25) is 0 Å². The maximum absolute atomic E-state index is 11.0. The van der Waals surface area contributed by atoms with Crippen molar-refractivity contribution in [3.8, 4) is 0 Å². The zero-order valence-corrected chi connectivity index (χ0v) is 14.0. The minimum atomic E-state index is -0.207. The van der Waals surface area contributed by atoms with Crippen molar-refractivity contribution in [3.63, 3.8) is 0 Å². The van der Waals surface area contributed by atoms with Gasteiger partial charge in [0.05, 0.1) is 13.5 Å². The first-order valence-electron chi connectivity index (χ1n) is 4.20. The van der Waals surface area contributed by atoms with Crippen molar-refractivity contribution in [2.75, 3.05) is 7.11 Å². The van der Waals surface area contributed by atoms with Crippen molar-refractivity contribution < 1.29 is 53.0 Å². The number of carbonyl (C=O) groups is 1. The molecule has 0 aliphatic heterocycles. The predicted molar refractivity (Wildman–Crippen MR) is 51.2 cm³/mol. The second-order valence-corrected chi connectivity index (χ2v) is 2.77. The largest absolute Gasteiger partial charge is 2.00 e. The Balaban J connectivity index is 0. The molecular weight excluding hydrogens is 356 g/mol. The summed E-state index contributed by atoms with van der Waals surface area (Å²) in [5.41, 5.74) is 2.11. The Morgan fingerprint density at radius 2 is 1.87 bits per heavy atom. The Morgan fingerprint density at radius 3 is 2.33 bits per heavy atom. The van der Waals surface area contributed by atoms with E-state index < -0.39 is 0 Å². The molecule has 0 heterocycles. The molecule has 0 saturated carbocycles. The molecule has 0 fully saturated rings. The van der Waals surface area contributed by atoms with Crippen LogP contribution in [0.1, 0.15) is 11.1 Å². The maximum Gasteiger partial charge on any atom is 2.00 e. The van der Waals surface area contributed by atoms with Crippen molar-refractivity contribution in [2.24, 2.45) is 0 Å². The average molecular weight is 370 g/mol. The molecule has 0 radical (unpaired) electrons. The summed E-state index contributed by atoms with van der Waals surface area (Å²) in [5.74, 6) is -0.207. The first kappa shape index (κ1) is 17.4. The van der Waals surface area contributed by atoms with E-state index in [-0.39, 0.29) is 49.4 Å². The van der Waals surface area contributed by atoms with Gasteiger partial charge in [-0.2, -0.15) is 6.42 Å². The second-order valence-electron chi connectivity index (χ2n) is 2.77. The van der Waals surface area contributed by atoms with Crippen LogP contribution in [-0.2, 0) is 41.9 Å². The van der Waals surface area contributed by atoms with Gasteiger partial charge in [-0.1, -0.05) is 29.8 Å². The third-order valence-corrected chi connectivity index (χ3v) is 1.95. The van der Waals surface area contributed by atoms with Crippen LogP contribution in [-0.4, -0.2) is 13.1 Å². The second kappa shape index (κ2) is 9.28. The molecular formula is C11H13IO2Zn. The number of hydrogen-bond acceptors (Lipinski definition) is 2. The Labute approximate surface area is 121 Å². The van der Waals surface area contributed by atoms with Crippen LogP contribution in [0, 0.1) is 6.92 Å². The van der Waals surface area contributed by atoms with Crippen LogP contribution in [0.3, 0.4) is 0 Å². The van der Waals surface area contributed by atoms with E-state index in [4.69, 9.17) is 0 Å². The van der Waals surface area contributed by atoms with Gasteiger partial charge in [0, 0.05) is 0 Å². The van der Waals surface area contributed by atoms with Crippen LogP contribution in [0.2, 0.25) is 0 Å². The van der Waals surface area contributed by atoms with Gasteiger partial charge in [0.1, 0.15) is 0 Å². The van der Waals surface area contributed by atoms with Crippen molar-refractivity contribution in [1.82, 2.24) is 0 Å². The quantitative estimate of drug-likeness (QED) is 0.289. The molecule has 0 N–H and O–H groups in total. The van der Waals surface area contributed by atoms with E-state index in [2.05, 4.69) is 11.7 Å². The SMILES string of the molecule is [CH2-]Cc1ccccc1CC(=O)OC.[I-].[Zn+2]. The van der Waals surface area contributed by atoms with E-state index in [0.717, 1.165) is 11.1 Å². The zero-order valence-electron chi connectivity index (χ0n) is 8.83. The van der Waals surface area contributed by atoms with Gasteiger partial charge in [-0.05, 0) is 5.56 Å². The summed E-state index contributed by atoms with van der Waals surface area (Å²) in [5, 5.41) is 0. The van der Waals surface area contributed by atoms with Crippen LogP contribution in [0.5, 0.6) is 0 Å². The normalized spacial score (nSPS) is 8.40. The first-order valence-corrected chi connectivity index (χ1v) is 4.20. The molecule has 15 heavy (non-hydrogen) atoms. The Kier molecular flexibility index (Phi) is 10.8. The topological polar surface area (TPSA) is 26.3 Å². The van der Waals surface area contributed by atoms with Gasteiger partial charge < -0.3 is 35.6 Å². The molecule has 0 spiro atoms. The van der Waals surface area contributed by atoms with Crippen molar-refractivity contribution in [1.29, 1.82) is 0 Å². The van der Waals surface area contributed by atoms with Gasteiger partial charge in [-0.3, -0.25) is 4.79 Å². The van der Waals surface area contributed by atoms with Gasteiger partial charge in [-0.15, -0.1) is 0 Å². The number of benzene rings is 1. The summed E-state index contributed by atoms with van der Waals surface area (Å²) < 4.78 is 4.59. The summed E-state index contributed by atoms with van der Waals surface area (Å²) >= 11 is 0. The number of esters is 1. The molecule has 0 atom stereocenters. The summed E-state index contributed by atoms with van der Waals surface area (Å²) in [4.78, 5) is 11.0. The fraction of sp³-hybridized carbons (Fsp3) is 0.273. The fourth-order valence-corrected chi connectivity index (χ4v) is 1.20. The summed E-state index contributed by atoms with van der Waals surface area (Å²) in [7, 11) is 1.40. The third kappa shape index (κ3) is 5.62. The summed E-state index contributed by atoms with van der Waals surface area (Å²) in [6.07, 6.45) is 1.04. The molecule has 4 heteroatoms. The third-order valence-electron chi connectivity index (χ3n) is 1.95. The van der Waals surface area contributed by atoms with Crippen LogP contribution in [0.4, 0.5) is 0 Å². The molecule has 0 bridgehead atoms. The Bertz CT molecular complexity index is 302. The van der Waals surface area contributed by atoms with Gasteiger partial charge in [0.15, 0.2) is 0 Å². The smallest absolute Gasteiger partial charge is 1.00 e. The molecule has 1 rings (SSSR count). The molecule has 0 aliphatic rings. The first-order chi connectivity index (χ1) is 6.27. The maximum atomic E-state index is 11.0. The molecule has 1 aromatic rings. The zero-order chi connectivity index (χ0) is 9.68. The van der Waals surface area contributed by atoms with E-state index in [1.54, 1.807) is 0 Å². The number of halogens is 1. The Morgan fingerprint density at radius 1 is 1.33 bits per heavy atom. The van der Waals surface area contributed by atoms with Crippen molar-refractivity contribution >= 4 is 5.97 Å². The van der Waals surface area contributed by atoms with Gasteiger partial charge in [-0.25, -0.2) is 0 Å².